The molecule has 0 saturated heterocycles. The fourth-order valence-electron chi connectivity index (χ4n) is 10.0. The first kappa shape index (κ1) is 55.0. The van der Waals surface area contributed by atoms with Gasteiger partial charge in [-0.2, -0.15) is 0 Å². The van der Waals surface area contributed by atoms with Crippen molar-refractivity contribution in [2.24, 2.45) is 9.98 Å². The van der Waals surface area contributed by atoms with Gasteiger partial charge in [0, 0.05) is 56.0 Å². The van der Waals surface area contributed by atoms with E-state index in [-0.39, 0.29) is 34.4 Å². The minimum Gasteiger partial charge on any atom is -0.507 e. The minimum atomic E-state index is -0.440. The molecule has 1 aliphatic rings. The zero-order chi connectivity index (χ0) is 53.1. The molecule has 1 saturated carbocycles. The Hall–Kier alpha value is -5.74. The van der Waals surface area contributed by atoms with Crippen molar-refractivity contribution in [1.29, 1.82) is 0 Å². The molecule has 0 unspecified atom stereocenters. The van der Waals surface area contributed by atoms with Crippen molar-refractivity contribution < 1.29 is 10.2 Å². The largest absolute Gasteiger partial charge is 0.507 e. The van der Waals surface area contributed by atoms with Crippen LogP contribution in [0.3, 0.4) is 0 Å². The maximum Gasteiger partial charge on any atom is 0.128 e. The van der Waals surface area contributed by atoms with E-state index in [2.05, 4.69) is 236 Å². The van der Waals surface area contributed by atoms with E-state index in [1.54, 1.807) is 0 Å². The van der Waals surface area contributed by atoms with Crippen molar-refractivity contribution in [1.82, 2.24) is 0 Å². The van der Waals surface area contributed by atoms with Crippen molar-refractivity contribution in [3.8, 4) is 33.8 Å². The maximum absolute atomic E-state index is 11.8. The van der Waals surface area contributed by atoms with Gasteiger partial charge in [0.15, 0.2) is 0 Å². The molecule has 0 aliphatic heterocycles. The molecule has 0 spiro atoms. The van der Waals surface area contributed by atoms with Crippen LogP contribution in [0, 0.1) is 0 Å². The van der Waals surface area contributed by atoms with Crippen molar-refractivity contribution in [3.63, 3.8) is 0 Å². The van der Waals surface area contributed by atoms with Crippen LogP contribution in [-0.2, 0) is 10.8 Å². The zero-order valence-electron chi connectivity index (χ0n) is 44.9. The van der Waals surface area contributed by atoms with E-state index in [0.29, 0.717) is 0 Å². The molecular weight excluding hydrogens is 1000 g/mol. The number of benzene rings is 8. The summed E-state index contributed by atoms with van der Waals surface area (Å²) < 4.78 is 0. The highest BCUT2D eigenvalue weighted by atomic mass is 32.2. The van der Waals surface area contributed by atoms with Gasteiger partial charge < -0.3 is 10.2 Å². The minimum absolute atomic E-state index is 0.0541. The van der Waals surface area contributed by atoms with Gasteiger partial charge in [0.25, 0.3) is 0 Å². The van der Waals surface area contributed by atoms with Crippen molar-refractivity contribution in [2.45, 2.75) is 99.9 Å². The third-order valence-electron chi connectivity index (χ3n) is 14.2. The van der Waals surface area contributed by atoms with E-state index >= 15 is 0 Å². The highest BCUT2D eigenvalue weighted by molar-refractivity contribution is 8.00. The van der Waals surface area contributed by atoms with Gasteiger partial charge in [-0.3, -0.25) is 9.98 Å². The van der Waals surface area contributed by atoms with E-state index in [0.717, 1.165) is 94.0 Å². The second kappa shape index (κ2) is 25.6. The van der Waals surface area contributed by atoms with E-state index in [9.17, 15) is 10.2 Å². The monoisotopic (exact) mass is 1070 g/mol. The lowest BCUT2D eigenvalue weighted by atomic mass is 9.83. The molecule has 9 rings (SSSR count). The van der Waals surface area contributed by atoms with E-state index in [4.69, 9.17) is 9.98 Å². The number of rotatable bonds is 18. The summed E-state index contributed by atoms with van der Waals surface area (Å²) in [6.45, 7) is 12.9. The molecule has 8 heteroatoms. The summed E-state index contributed by atoms with van der Waals surface area (Å²) in [5.74, 6) is 2.62. The molecule has 8 aromatic rings. The molecule has 4 nitrogen and oxygen atoms in total. The number of aromatic hydroxyl groups is 2. The molecule has 0 radical (unpaired) electrons. The Balaban J connectivity index is 0.896. The summed E-state index contributed by atoms with van der Waals surface area (Å²) in [4.78, 5) is 12.9. The van der Waals surface area contributed by atoms with E-state index < -0.39 is 15.8 Å². The Kier molecular flexibility index (Phi) is 18.5. The van der Waals surface area contributed by atoms with Crippen LogP contribution < -0.4 is 21.2 Å². The van der Waals surface area contributed by atoms with Crippen LogP contribution in [0.5, 0.6) is 11.5 Å². The number of hydrogen-bond donors (Lipinski definition) is 2. The smallest absolute Gasteiger partial charge is 0.128 e. The maximum atomic E-state index is 11.8. The summed E-state index contributed by atoms with van der Waals surface area (Å²) in [5.41, 5.74) is 7.00. The van der Waals surface area contributed by atoms with Gasteiger partial charge in [-0.25, -0.2) is 0 Å². The first-order chi connectivity index (χ1) is 36.8. The quantitative estimate of drug-likeness (QED) is 0.0511. The Morgan fingerprint density at radius 2 is 0.750 bits per heavy atom. The van der Waals surface area contributed by atoms with Crippen LogP contribution in [-0.4, -0.2) is 58.6 Å². The predicted molar refractivity (Wildman–Crippen MR) is 335 cm³/mol. The standard InChI is InChI=1S/C68H72N2O2P2S2/c1-67(2,3)61-45-51(49-31-35-59(36-32-49)75-41-39-73(55-21-11-7-12-22-55)56-23-13-8-14-24-56)43-53(65(61)71)47-69-63-29-19-20-30-64(63)70-48-54-44-52(46-62(66(54)72)68(4,5)6)50-33-37-60(38-34-50)76-42-40-74(57-25-15-9-16-26-57)58-27-17-10-18-28-58/h7-18,21-28,31-38,43-48,63-64,71-72H,19-20,29-30,39-42H2,1-6H3/t63-,64-/m1/s1. The molecule has 1 fully saturated rings. The number of thioether (sulfide) groups is 2. The van der Waals surface area contributed by atoms with Gasteiger partial charge in [-0.15, -0.1) is 23.5 Å². The molecule has 388 valence electrons. The summed E-state index contributed by atoms with van der Waals surface area (Å²) >= 11 is 3.83. The highest BCUT2D eigenvalue weighted by Gasteiger charge is 2.27. The number of hydrogen-bond acceptors (Lipinski definition) is 6. The number of phenols is 2. The number of nitrogens with zero attached hydrogens (tertiary/aromatic N) is 2. The molecule has 0 heterocycles. The second-order valence-corrected chi connectivity index (χ2v) is 28.8. The number of phenolic OH excluding ortho intramolecular Hbond substituents is 2. The molecule has 76 heavy (non-hydrogen) atoms. The van der Waals surface area contributed by atoms with Gasteiger partial charge in [0.2, 0.25) is 0 Å². The lowest BCUT2D eigenvalue weighted by Gasteiger charge is -2.26. The third kappa shape index (κ3) is 14.2. The third-order valence-corrected chi connectivity index (χ3v) is 21.9. The van der Waals surface area contributed by atoms with Gasteiger partial charge >= 0.3 is 0 Å². The molecular formula is C68H72N2O2P2S2. The van der Waals surface area contributed by atoms with Crippen LogP contribution in [0.1, 0.15) is 89.5 Å². The van der Waals surface area contributed by atoms with Crippen LogP contribution in [0.15, 0.2) is 214 Å². The molecule has 0 aromatic heterocycles. The summed E-state index contributed by atoms with van der Waals surface area (Å²) in [6.07, 6.45) is 9.95. The average Bonchev–Trinajstić information content (AvgIpc) is 3.43. The first-order valence-electron chi connectivity index (χ1n) is 26.8. The molecule has 1 aliphatic carbocycles. The Bertz CT molecular complexity index is 2900. The van der Waals surface area contributed by atoms with Gasteiger partial charge in [0.1, 0.15) is 11.5 Å². The predicted octanol–water partition coefficient (Wildman–Crippen LogP) is 16.3. The van der Waals surface area contributed by atoms with Crippen LogP contribution in [0.2, 0.25) is 0 Å². The molecule has 8 aromatic carbocycles. The Morgan fingerprint density at radius 1 is 0.434 bits per heavy atom. The average molecular weight is 1080 g/mol. The summed E-state index contributed by atoms with van der Waals surface area (Å²) in [6, 6.07) is 69.9. The molecule has 0 bridgehead atoms. The van der Waals surface area contributed by atoms with Gasteiger partial charge in [0.05, 0.1) is 12.1 Å². The van der Waals surface area contributed by atoms with E-state index in [1.807, 2.05) is 36.0 Å². The van der Waals surface area contributed by atoms with Gasteiger partial charge in [-0.1, -0.05) is 200 Å². The van der Waals surface area contributed by atoms with Crippen molar-refractivity contribution >= 4 is 73.0 Å². The SMILES string of the molecule is CC(C)(C)c1cc(-c2ccc(SCCP(c3ccccc3)c3ccccc3)cc2)cc(C=N[C@@H]2CCCC[C@H]2N=Cc2cc(-c3ccc(SCCP(c4ccccc4)c4ccccc4)cc3)cc(C(C)(C)C)c2O)c1O. The normalized spacial score (nSPS) is 15.3. The molecule has 2 atom stereocenters. The van der Waals surface area contributed by atoms with Crippen LogP contribution in [0.4, 0.5) is 0 Å². The highest BCUT2D eigenvalue weighted by Crippen LogP contribution is 2.41. The fourth-order valence-corrected chi connectivity index (χ4v) is 17.1. The fraction of sp³-hybridized carbons (Fsp3) is 0.265. The van der Waals surface area contributed by atoms with Crippen molar-refractivity contribution in [2.75, 3.05) is 23.8 Å². The lowest BCUT2D eigenvalue weighted by molar-refractivity contribution is 0.390. The molecule has 2 N–H and O–H groups in total. The van der Waals surface area contributed by atoms with Crippen LogP contribution in [0.25, 0.3) is 22.3 Å². The zero-order valence-corrected chi connectivity index (χ0v) is 48.4. The van der Waals surface area contributed by atoms with Gasteiger partial charge in [-0.05, 0) is 144 Å². The summed E-state index contributed by atoms with van der Waals surface area (Å²) in [5, 5.41) is 29.3. The first-order valence-corrected chi connectivity index (χ1v) is 31.8. The topological polar surface area (TPSA) is 65.2 Å². The Morgan fingerprint density at radius 3 is 1.05 bits per heavy atom. The van der Waals surface area contributed by atoms with E-state index in [1.165, 1.54) is 31.0 Å². The van der Waals surface area contributed by atoms with Crippen molar-refractivity contribution in [3.05, 3.63) is 216 Å². The lowest BCUT2D eigenvalue weighted by Crippen LogP contribution is -2.27. The van der Waals surface area contributed by atoms with Crippen LogP contribution >= 0.6 is 39.4 Å². The Labute approximate surface area is 464 Å². The second-order valence-electron chi connectivity index (χ2n) is 21.8. The molecule has 0 amide bonds. The summed E-state index contributed by atoms with van der Waals surface area (Å²) in [7, 11) is -0.880. The number of aliphatic imine (C=N–C) groups is 2.